The molecule has 0 saturated carbocycles. The Labute approximate surface area is 128 Å². The highest BCUT2D eigenvalue weighted by Gasteiger charge is 2.17. The number of hydrogen-bond donors (Lipinski definition) is 1. The Morgan fingerprint density at radius 2 is 2.05 bits per heavy atom. The quantitative estimate of drug-likeness (QED) is 0.877. The second kappa shape index (κ2) is 6.61. The monoisotopic (exact) mass is 326 g/mol. The third kappa shape index (κ3) is 3.85. The third-order valence-electron chi connectivity index (χ3n) is 2.63. The van der Waals surface area contributed by atoms with E-state index in [1.54, 1.807) is 13.8 Å². The van der Waals surface area contributed by atoms with Crippen molar-refractivity contribution in [3.05, 3.63) is 45.4 Å². The van der Waals surface area contributed by atoms with Crippen LogP contribution in [0.25, 0.3) is 0 Å². The molecule has 0 aliphatic rings. The van der Waals surface area contributed by atoms with E-state index in [9.17, 15) is 18.4 Å². The molecule has 5 nitrogen and oxygen atoms in total. The summed E-state index contributed by atoms with van der Waals surface area (Å²) in [5.41, 5.74) is 0.338. The number of halogens is 2. The Hall–Kier alpha value is -2.35. The maximum Gasteiger partial charge on any atom is 0.350 e. The zero-order chi connectivity index (χ0) is 16.3. The molecule has 1 amide bonds. The molecule has 0 unspecified atom stereocenters. The molecule has 2 aromatic rings. The maximum atomic E-state index is 13.4. The van der Waals surface area contributed by atoms with Crippen LogP contribution < -0.4 is 5.32 Å². The highest BCUT2D eigenvalue weighted by atomic mass is 32.1. The molecule has 1 aromatic carbocycles. The number of anilines is 1. The molecule has 0 aliphatic heterocycles. The molecule has 0 aliphatic carbocycles. The minimum atomic E-state index is -0.909. The van der Waals surface area contributed by atoms with Crippen LogP contribution in [0.15, 0.2) is 18.2 Å². The van der Waals surface area contributed by atoms with Crippen molar-refractivity contribution in [3.8, 4) is 0 Å². The number of aromatic nitrogens is 1. The van der Waals surface area contributed by atoms with Crippen molar-refractivity contribution in [2.75, 3.05) is 11.9 Å². The van der Waals surface area contributed by atoms with Crippen LogP contribution in [0.4, 0.5) is 14.5 Å². The number of carbonyl (C=O) groups is 2. The van der Waals surface area contributed by atoms with Crippen molar-refractivity contribution in [3.63, 3.8) is 0 Å². The minimum Gasteiger partial charge on any atom is -0.451 e. The van der Waals surface area contributed by atoms with Gasteiger partial charge in [0.1, 0.15) is 16.5 Å². The van der Waals surface area contributed by atoms with Crippen molar-refractivity contribution in [2.24, 2.45) is 0 Å². The molecule has 0 radical (unpaired) electrons. The van der Waals surface area contributed by atoms with E-state index in [0.29, 0.717) is 21.6 Å². The Morgan fingerprint density at radius 3 is 2.64 bits per heavy atom. The van der Waals surface area contributed by atoms with Gasteiger partial charge in [-0.1, -0.05) is 0 Å². The number of nitrogens with zero attached hydrogens (tertiary/aromatic N) is 1. The Morgan fingerprint density at radius 1 is 1.32 bits per heavy atom. The normalized spacial score (nSPS) is 10.4. The lowest BCUT2D eigenvalue weighted by molar-refractivity contribution is -0.119. The molecule has 2 rings (SSSR count). The number of ether oxygens (including phenoxy) is 1. The Kier molecular flexibility index (Phi) is 4.81. The summed E-state index contributed by atoms with van der Waals surface area (Å²) in [5, 5.41) is 2.90. The van der Waals surface area contributed by atoms with E-state index in [-0.39, 0.29) is 5.69 Å². The van der Waals surface area contributed by atoms with Gasteiger partial charge in [0.15, 0.2) is 6.61 Å². The lowest BCUT2D eigenvalue weighted by Gasteiger charge is -2.07. The summed E-state index contributed by atoms with van der Waals surface area (Å²) in [4.78, 5) is 27.8. The molecule has 0 fully saturated rings. The zero-order valence-corrected chi connectivity index (χ0v) is 12.6. The van der Waals surface area contributed by atoms with Crippen LogP contribution in [0.5, 0.6) is 0 Å². The van der Waals surface area contributed by atoms with Crippen molar-refractivity contribution >= 4 is 28.9 Å². The van der Waals surface area contributed by atoms with E-state index in [1.807, 2.05) is 0 Å². The number of aryl methyl sites for hydroxylation is 2. The third-order valence-corrected chi connectivity index (χ3v) is 3.68. The fourth-order valence-electron chi connectivity index (χ4n) is 1.69. The van der Waals surface area contributed by atoms with E-state index in [1.165, 1.54) is 0 Å². The number of carbonyl (C=O) groups excluding carboxylic acids is 2. The largest absolute Gasteiger partial charge is 0.451 e. The average molecular weight is 326 g/mol. The van der Waals surface area contributed by atoms with Gasteiger partial charge in [-0.3, -0.25) is 4.79 Å². The fraction of sp³-hybridized carbons (Fsp3) is 0.214. The summed E-state index contributed by atoms with van der Waals surface area (Å²) < 4.78 is 30.9. The molecule has 0 saturated heterocycles. The van der Waals surface area contributed by atoms with Gasteiger partial charge in [-0.25, -0.2) is 18.6 Å². The van der Waals surface area contributed by atoms with Gasteiger partial charge in [0.05, 0.1) is 16.4 Å². The molecule has 1 heterocycles. The number of hydrogen-bond acceptors (Lipinski definition) is 5. The molecule has 116 valence electrons. The van der Waals surface area contributed by atoms with Gasteiger partial charge in [-0.2, -0.15) is 0 Å². The molecule has 1 N–H and O–H groups in total. The lowest BCUT2D eigenvalue weighted by atomic mass is 10.3. The van der Waals surface area contributed by atoms with Gasteiger partial charge in [0.2, 0.25) is 0 Å². The first kappa shape index (κ1) is 16.0. The highest BCUT2D eigenvalue weighted by Crippen LogP contribution is 2.18. The van der Waals surface area contributed by atoms with Gasteiger partial charge in [0, 0.05) is 6.07 Å². The van der Waals surface area contributed by atoms with Gasteiger partial charge >= 0.3 is 5.97 Å². The second-order valence-electron chi connectivity index (χ2n) is 4.40. The van der Waals surface area contributed by atoms with Crippen LogP contribution in [0.1, 0.15) is 20.4 Å². The van der Waals surface area contributed by atoms with E-state index in [4.69, 9.17) is 4.74 Å². The predicted octanol–water partition coefficient (Wildman–Crippen LogP) is 2.83. The van der Waals surface area contributed by atoms with E-state index >= 15 is 0 Å². The van der Waals surface area contributed by atoms with Crippen LogP contribution in [0.2, 0.25) is 0 Å². The van der Waals surface area contributed by atoms with Crippen LogP contribution >= 0.6 is 11.3 Å². The van der Waals surface area contributed by atoms with Gasteiger partial charge in [0.25, 0.3) is 5.91 Å². The number of esters is 1. The van der Waals surface area contributed by atoms with Crippen molar-refractivity contribution in [1.82, 2.24) is 4.98 Å². The molecule has 1 aromatic heterocycles. The highest BCUT2D eigenvalue weighted by molar-refractivity contribution is 7.13. The van der Waals surface area contributed by atoms with E-state index < -0.39 is 30.1 Å². The standard InChI is InChI=1S/C14H12F2N2O3S/c1-7-13(22-8(2)17-7)14(20)21-6-12(19)18-11-4-3-9(15)5-10(11)16/h3-5H,6H2,1-2H3,(H,18,19). The SMILES string of the molecule is Cc1nc(C)c(C(=O)OCC(=O)Nc2ccc(F)cc2F)s1. The first-order valence-electron chi connectivity index (χ1n) is 6.23. The second-order valence-corrected chi connectivity index (χ2v) is 5.60. The van der Waals surface area contributed by atoms with Gasteiger partial charge in [-0.05, 0) is 26.0 Å². The summed E-state index contributed by atoms with van der Waals surface area (Å²) in [5.74, 6) is -3.05. The molecule has 0 bridgehead atoms. The summed E-state index contributed by atoms with van der Waals surface area (Å²) in [7, 11) is 0. The molecule has 0 atom stereocenters. The fourth-order valence-corrected chi connectivity index (χ4v) is 2.51. The molecular formula is C14H12F2N2O3S. The summed E-state index contributed by atoms with van der Waals surface area (Å²) in [6.07, 6.45) is 0. The van der Waals surface area contributed by atoms with Crippen LogP contribution in [-0.2, 0) is 9.53 Å². The smallest absolute Gasteiger partial charge is 0.350 e. The van der Waals surface area contributed by atoms with Gasteiger partial charge < -0.3 is 10.1 Å². The molecule has 8 heteroatoms. The Balaban J connectivity index is 1.92. The van der Waals surface area contributed by atoms with E-state index in [0.717, 1.165) is 23.5 Å². The predicted molar refractivity (Wildman–Crippen MR) is 76.9 cm³/mol. The number of benzene rings is 1. The van der Waals surface area contributed by atoms with Gasteiger partial charge in [-0.15, -0.1) is 11.3 Å². The molecular weight excluding hydrogens is 314 g/mol. The first-order valence-corrected chi connectivity index (χ1v) is 7.04. The van der Waals surface area contributed by atoms with Crippen LogP contribution in [-0.4, -0.2) is 23.5 Å². The average Bonchev–Trinajstić information content (AvgIpc) is 2.78. The minimum absolute atomic E-state index is 0.188. The van der Waals surface area contributed by atoms with Crippen LogP contribution in [0, 0.1) is 25.5 Å². The molecule has 22 heavy (non-hydrogen) atoms. The maximum absolute atomic E-state index is 13.4. The topological polar surface area (TPSA) is 68.3 Å². The zero-order valence-electron chi connectivity index (χ0n) is 11.8. The number of amides is 1. The first-order chi connectivity index (χ1) is 10.4. The summed E-state index contributed by atoms with van der Waals surface area (Å²) in [6.45, 7) is 2.83. The Bertz CT molecular complexity index is 731. The lowest BCUT2D eigenvalue weighted by Crippen LogP contribution is -2.21. The molecule has 0 spiro atoms. The van der Waals surface area contributed by atoms with Crippen molar-refractivity contribution < 1.29 is 23.1 Å². The van der Waals surface area contributed by atoms with E-state index in [2.05, 4.69) is 10.3 Å². The number of nitrogens with one attached hydrogen (secondary N) is 1. The van der Waals surface area contributed by atoms with Crippen molar-refractivity contribution in [2.45, 2.75) is 13.8 Å². The number of thiazole rings is 1. The number of rotatable bonds is 4. The van der Waals surface area contributed by atoms with Crippen LogP contribution in [0.3, 0.4) is 0 Å². The van der Waals surface area contributed by atoms with Crippen molar-refractivity contribution in [1.29, 1.82) is 0 Å². The summed E-state index contributed by atoms with van der Waals surface area (Å²) >= 11 is 1.16. The summed E-state index contributed by atoms with van der Waals surface area (Å²) in [6, 6.07) is 2.74.